The Morgan fingerprint density at radius 1 is 1.22 bits per heavy atom. The average Bonchev–Trinajstić information content (AvgIpc) is 3.10. The number of aliphatic hydroxyl groups excluding tert-OH is 1. The monoisotopic (exact) mass is 245 g/mol. The lowest BCUT2D eigenvalue weighted by Gasteiger charge is -2.09. The molecule has 0 atom stereocenters. The van der Waals surface area contributed by atoms with Crippen LogP contribution in [0.15, 0.2) is 30.6 Å². The van der Waals surface area contributed by atoms with Crippen molar-refractivity contribution in [2.45, 2.75) is 44.9 Å². The molecule has 0 spiro atoms. The minimum atomic E-state index is 0.0797. The van der Waals surface area contributed by atoms with E-state index in [1.54, 1.807) is 0 Å². The van der Waals surface area contributed by atoms with Gasteiger partial charge in [0.15, 0.2) is 0 Å². The lowest BCUT2D eigenvalue weighted by molar-refractivity contribution is 0.271. The first-order valence-electron chi connectivity index (χ1n) is 6.66. The first kappa shape index (κ1) is 11.5. The van der Waals surface area contributed by atoms with Crippen molar-refractivity contribution in [2.75, 3.05) is 0 Å². The van der Waals surface area contributed by atoms with Crippen LogP contribution in [0, 0.1) is 0 Å². The van der Waals surface area contributed by atoms with E-state index in [9.17, 15) is 5.11 Å². The number of nitrogens with zero attached hydrogens (tertiary/aromatic N) is 3. The Hall–Kier alpha value is -1.55. The highest BCUT2D eigenvalue weighted by Crippen LogP contribution is 2.28. The van der Waals surface area contributed by atoms with Gasteiger partial charge in [0.2, 0.25) is 0 Å². The van der Waals surface area contributed by atoms with Gasteiger partial charge in [-0.05, 0) is 31.0 Å². The van der Waals surface area contributed by atoms with E-state index in [-0.39, 0.29) is 6.61 Å². The fourth-order valence-electron chi connectivity index (χ4n) is 2.76. The van der Waals surface area contributed by atoms with E-state index in [0.29, 0.717) is 6.04 Å². The summed E-state index contributed by atoms with van der Waals surface area (Å²) in [5.74, 6) is 0. The van der Waals surface area contributed by atoms with Crippen molar-refractivity contribution >= 4 is 0 Å². The van der Waals surface area contributed by atoms with Gasteiger partial charge in [0.05, 0.1) is 24.9 Å². The van der Waals surface area contributed by atoms with Crippen LogP contribution in [0.25, 0.3) is 0 Å². The van der Waals surface area contributed by atoms with Crippen LogP contribution in [0.5, 0.6) is 0 Å². The Bertz CT molecular complexity index is 509. The predicted octanol–water partition coefficient (Wildman–Crippen LogP) is 2.34. The van der Waals surface area contributed by atoms with E-state index >= 15 is 0 Å². The number of aliphatic hydroxyl groups is 1. The van der Waals surface area contributed by atoms with Gasteiger partial charge in [-0.3, -0.25) is 4.68 Å². The van der Waals surface area contributed by atoms with E-state index in [0.717, 1.165) is 17.9 Å². The second-order valence-electron chi connectivity index (χ2n) is 5.01. The fourth-order valence-corrected chi connectivity index (χ4v) is 2.76. The molecule has 4 nitrogen and oxygen atoms in total. The molecule has 18 heavy (non-hydrogen) atoms. The first-order valence-corrected chi connectivity index (χ1v) is 6.66. The average molecular weight is 245 g/mol. The van der Waals surface area contributed by atoms with E-state index < -0.39 is 0 Å². The summed E-state index contributed by atoms with van der Waals surface area (Å²) in [6.45, 7) is 0.818. The largest absolute Gasteiger partial charge is 0.390 e. The standard InChI is InChI=1S/C14H19N3O/c18-11-14-6-3-8-16(14)10-12-7-9-17(15-12)13-4-1-2-5-13/h3,6-9,13,18H,1-2,4-5,10-11H2. The van der Waals surface area contributed by atoms with Crippen LogP contribution < -0.4 is 0 Å². The Kier molecular flexibility index (Phi) is 3.19. The molecular weight excluding hydrogens is 226 g/mol. The third-order valence-corrected chi connectivity index (χ3v) is 3.78. The Morgan fingerprint density at radius 2 is 2.06 bits per heavy atom. The molecule has 0 bridgehead atoms. The van der Waals surface area contributed by atoms with Crippen LogP contribution in [0.3, 0.4) is 0 Å². The summed E-state index contributed by atoms with van der Waals surface area (Å²) in [4.78, 5) is 0. The molecule has 0 aliphatic heterocycles. The van der Waals surface area contributed by atoms with Gasteiger partial charge in [-0.1, -0.05) is 12.8 Å². The maximum Gasteiger partial charge on any atom is 0.0832 e. The van der Waals surface area contributed by atoms with Crippen LogP contribution in [0.2, 0.25) is 0 Å². The molecule has 96 valence electrons. The molecule has 1 aliphatic rings. The number of aromatic nitrogens is 3. The summed E-state index contributed by atoms with van der Waals surface area (Å²) >= 11 is 0. The van der Waals surface area contributed by atoms with Crippen molar-refractivity contribution in [3.05, 3.63) is 42.0 Å². The summed E-state index contributed by atoms with van der Waals surface area (Å²) in [7, 11) is 0. The molecule has 1 fully saturated rings. The van der Waals surface area contributed by atoms with Crippen LogP contribution in [0.1, 0.15) is 43.1 Å². The third kappa shape index (κ3) is 2.20. The summed E-state index contributed by atoms with van der Waals surface area (Å²) in [6, 6.07) is 6.58. The highest BCUT2D eigenvalue weighted by Gasteiger charge is 2.17. The molecule has 2 aromatic heterocycles. The normalized spacial score (nSPS) is 16.5. The van der Waals surface area contributed by atoms with Crippen LogP contribution in [0.4, 0.5) is 0 Å². The number of rotatable bonds is 4. The van der Waals surface area contributed by atoms with Crippen molar-refractivity contribution in [1.29, 1.82) is 0 Å². The molecule has 0 radical (unpaired) electrons. The van der Waals surface area contributed by atoms with Crippen molar-refractivity contribution in [3.8, 4) is 0 Å². The third-order valence-electron chi connectivity index (χ3n) is 3.78. The van der Waals surface area contributed by atoms with Gasteiger partial charge in [-0.15, -0.1) is 0 Å². The topological polar surface area (TPSA) is 43.0 Å². The van der Waals surface area contributed by atoms with Crippen LogP contribution >= 0.6 is 0 Å². The molecular formula is C14H19N3O. The molecule has 0 amide bonds. The van der Waals surface area contributed by atoms with Crippen LogP contribution in [-0.2, 0) is 13.2 Å². The quantitative estimate of drug-likeness (QED) is 0.898. The molecule has 1 N–H and O–H groups in total. The maximum atomic E-state index is 9.22. The SMILES string of the molecule is OCc1cccn1Cc1ccn(C2CCCC2)n1. The first-order chi connectivity index (χ1) is 8.86. The van der Waals surface area contributed by atoms with Gasteiger partial charge < -0.3 is 9.67 Å². The van der Waals surface area contributed by atoms with E-state index in [2.05, 4.69) is 22.0 Å². The smallest absolute Gasteiger partial charge is 0.0832 e. The zero-order valence-electron chi connectivity index (χ0n) is 10.5. The molecule has 2 heterocycles. The van der Waals surface area contributed by atoms with Gasteiger partial charge in [0.25, 0.3) is 0 Å². The molecule has 0 unspecified atom stereocenters. The minimum absolute atomic E-state index is 0.0797. The van der Waals surface area contributed by atoms with Gasteiger partial charge in [0, 0.05) is 18.1 Å². The molecule has 0 saturated heterocycles. The lowest BCUT2D eigenvalue weighted by Crippen LogP contribution is -2.08. The predicted molar refractivity (Wildman–Crippen MR) is 69.2 cm³/mol. The summed E-state index contributed by atoms with van der Waals surface area (Å²) < 4.78 is 4.16. The molecule has 1 aliphatic carbocycles. The van der Waals surface area contributed by atoms with Crippen LogP contribution in [-0.4, -0.2) is 19.5 Å². The summed E-state index contributed by atoms with van der Waals surface area (Å²) in [5.41, 5.74) is 2.00. The van der Waals surface area contributed by atoms with Gasteiger partial charge in [0.1, 0.15) is 0 Å². The number of hydrogen-bond donors (Lipinski definition) is 1. The molecule has 0 aromatic carbocycles. The van der Waals surface area contributed by atoms with Gasteiger partial charge in [-0.25, -0.2) is 0 Å². The highest BCUT2D eigenvalue weighted by molar-refractivity contribution is 5.10. The lowest BCUT2D eigenvalue weighted by atomic mass is 10.3. The Balaban J connectivity index is 1.73. The van der Waals surface area contributed by atoms with Crippen molar-refractivity contribution in [3.63, 3.8) is 0 Å². The summed E-state index contributed by atoms with van der Waals surface area (Å²) in [5, 5.41) is 13.9. The minimum Gasteiger partial charge on any atom is -0.390 e. The molecule has 1 saturated carbocycles. The molecule has 2 aromatic rings. The number of hydrogen-bond acceptors (Lipinski definition) is 2. The van der Waals surface area contributed by atoms with Crippen molar-refractivity contribution in [2.24, 2.45) is 0 Å². The molecule has 3 rings (SSSR count). The Labute approximate surface area is 107 Å². The van der Waals surface area contributed by atoms with E-state index in [4.69, 9.17) is 0 Å². The summed E-state index contributed by atoms with van der Waals surface area (Å²) in [6.07, 6.45) is 9.24. The van der Waals surface area contributed by atoms with Gasteiger partial charge in [-0.2, -0.15) is 5.10 Å². The molecule has 4 heteroatoms. The van der Waals surface area contributed by atoms with Gasteiger partial charge >= 0.3 is 0 Å². The van der Waals surface area contributed by atoms with E-state index in [1.807, 2.05) is 22.9 Å². The second kappa shape index (κ2) is 4.98. The van der Waals surface area contributed by atoms with Crippen molar-refractivity contribution in [1.82, 2.24) is 14.3 Å². The second-order valence-corrected chi connectivity index (χ2v) is 5.01. The van der Waals surface area contributed by atoms with Crippen molar-refractivity contribution < 1.29 is 5.11 Å². The van der Waals surface area contributed by atoms with E-state index in [1.165, 1.54) is 25.7 Å². The maximum absolute atomic E-state index is 9.22. The zero-order chi connectivity index (χ0) is 12.4. The highest BCUT2D eigenvalue weighted by atomic mass is 16.3. The zero-order valence-corrected chi connectivity index (χ0v) is 10.5. The Morgan fingerprint density at radius 3 is 2.83 bits per heavy atom. The fraction of sp³-hybridized carbons (Fsp3) is 0.500.